The van der Waals surface area contributed by atoms with Crippen LogP contribution in [0.3, 0.4) is 0 Å². The van der Waals surface area contributed by atoms with E-state index >= 15 is 0 Å². The summed E-state index contributed by atoms with van der Waals surface area (Å²) in [6, 6.07) is 8.36. The summed E-state index contributed by atoms with van der Waals surface area (Å²) in [7, 11) is 1.88. The summed E-state index contributed by atoms with van der Waals surface area (Å²) in [6.45, 7) is 0. The number of fused-ring (bicyclic) bond motifs is 2. The lowest BCUT2D eigenvalue weighted by Gasteiger charge is -2.19. The Bertz CT molecular complexity index is 809. The zero-order valence-corrected chi connectivity index (χ0v) is 12.7. The summed E-state index contributed by atoms with van der Waals surface area (Å²) in [5, 5.41) is 14.7. The number of hydrogen-bond donors (Lipinski definition) is 1. The van der Waals surface area contributed by atoms with Crippen molar-refractivity contribution >= 4 is 27.4 Å². The first kappa shape index (κ1) is 12.7. The van der Waals surface area contributed by atoms with Crippen LogP contribution in [0.15, 0.2) is 24.3 Å². The molecule has 1 aliphatic carbocycles. The number of pyridine rings is 1. The first-order valence-electron chi connectivity index (χ1n) is 7.29. The number of rotatable bonds is 2. The highest BCUT2D eigenvalue weighted by atomic mass is 32.1. The molecule has 0 spiro atoms. The fourth-order valence-corrected chi connectivity index (χ4v) is 3.83. The highest BCUT2D eigenvalue weighted by Gasteiger charge is 2.21. The highest BCUT2D eigenvalue weighted by molar-refractivity contribution is 7.18. The maximum atomic E-state index is 4.87. The van der Waals surface area contributed by atoms with Gasteiger partial charge in [0.25, 0.3) is 0 Å². The fourth-order valence-electron chi connectivity index (χ4n) is 3.04. The molecule has 3 aromatic rings. The van der Waals surface area contributed by atoms with E-state index < -0.39 is 0 Å². The molecule has 1 N–H and O–H groups in total. The van der Waals surface area contributed by atoms with Gasteiger partial charge in [-0.3, -0.25) is 4.98 Å². The maximum Gasteiger partial charge on any atom is 0.205 e. The molecule has 0 unspecified atom stereocenters. The number of nitrogens with one attached hydrogen (secondary N) is 1. The molecule has 5 heteroatoms. The van der Waals surface area contributed by atoms with E-state index in [1.54, 1.807) is 11.3 Å². The van der Waals surface area contributed by atoms with Gasteiger partial charge in [-0.2, -0.15) is 0 Å². The van der Waals surface area contributed by atoms with Crippen molar-refractivity contribution in [2.45, 2.75) is 25.7 Å². The van der Waals surface area contributed by atoms with Gasteiger partial charge in [0.1, 0.15) is 0 Å². The van der Waals surface area contributed by atoms with Gasteiger partial charge in [-0.05, 0) is 37.3 Å². The minimum atomic E-state index is 0.857. The second-order valence-corrected chi connectivity index (χ2v) is 6.28. The summed E-state index contributed by atoms with van der Waals surface area (Å²) >= 11 is 1.61. The van der Waals surface area contributed by atoms with Crippen molar-refractivity contribution < 1.29 is 0 Å². The second kappa shape index (κ2) is 5.07. The van der Waals surface area contributed by atoms with Gasteiger partial charge in [0.2, 0.25) is 5.13 Å². The van der Waals surface area contributed by atoms with Crippen LogP contribution < -0.4 is 5.32 Å². The summed E-state index contributed by atoms with van der Waals surface area (Å²) in [5.41, 5.74) is 4.93. The van der Waals surface area contributed by atoms with Crippen LogP contribution in [0, 0.1) is 0 Å². The summed E-state index contributed by atoms with van der Waals surface area (Å²) in [5.74, 6) is 0. The molecule has 0 radical (unpaired) electrons. The first-order valence-corrected chi connectivity index (χ1v) is 8.10. The summed E-state index contributed by atoms with van der Waals surface area (Å²) < 4.78 is 0. The van der Waals surface area contributed by atoms with E-state index in [4.69, 9.17) is 4.98 Å². The average Bonchev–Trinajstić information content (AvgIpc) is 3.01. The van der Waals surface area contributed by atoms with Crippen LogP contribution >= 0.6 is 11.3 Å². The zero-order valence-electron chi connectivity index (χ0n) is 11.9. The van der Waals surface area contributed by atoms with Crippen molar-refractivity contribution in [3.8, 4) is 10.6 Å². The van der Waals surface area contributed by atoms with Crippen LogP contribution in [0.2, 0.25) is 0 Å². The van der Waals surface area contributed by atoms with Crippen LogP contribution in [-0.4, -0.2) is 22.2 Å². The molecule has 0 saturated carbocycles. The lowest BCUT2D eigenvalue weighted by Crippen LogP contribution is -2.08. The minimum absolute atomic E-state index is 0.857. The molecule has 0 atom stereocenters. The highest BCUT2D eigenvalue weighted by Crippen LogP contribution is 2.38. The maximum absolute atomic E-state index is 4.87. The lowest BCUT2D eigenvalue weighted by atomic mass is 9.90. The van der Waals surface area contributed by atoms with Gasteiger partial charge in [-0.15, -0.1) is 10.2 Å². The normalized spacial score (nSPS) is 14.1. The second-order valence-electron chi connectivity index (χ2n) is 5.30. The minimum Gasteiger partial charge on any atom is -0.363 e. The van der Waals surface area contributed by atoms with E-state index in [2.05, 4.69) is 33.7 Å². The molecule has 0 saturated heterocycles. The summed E-state index contributed by atoms with van der Waals surface area (Å²) in [4.78, 5) is 4.87. The van der Waals surface area contributed by atoms with Crippen molar-refractivity contribution in [3.63, 3.8) is 0 Å². The van der Waals surface area contributed by atoms with Crippen molar-refractivity contribution in [2.75, 3.05) is 12.4 Å². The summed E-state index contributed by atoms with van der Waals surface area (Å²) in [6.07, 6.45) is 4.63. The van der Waals surface area contributed by atoms with E-state index in [1.165, 1.54) is 35.0 Å². The number of anilines is 1. The number of benzene rings is 1. The van der Waals surface area contributed by atoms with Gasteiger partial charge in [0.05, 0.1) is 5.52 Å². The van der Waals surface area contributed by atoms with E-state index in [1.807, 2.05) is 13.1 Å². The Balaban J connectivity index is 2.04. The predicted molar refractivity (Wildman–Crippen MR) is 86.8 cm³/mol. The Kier molecular flexibility index (Phi) is 3.07. The molecule has 0 bridgehead atoms. The molecule has 4 rings (SSSR count). The Morgan fingerprint density at radius 1 is 1.10 bits per heavy atom. The van der Waals surface area contributed by atoms with Crippen LogP contribution in [0.4, 0.5) is 5.13 Å². The monoisotopic (exact) mass is 296 g/mol. The number of aryl methyl sites for hydroxylation is 1. The van der Waals surface area contributed by atoms with Gasteiger partial charge in [0, 0.05) is 23.7 Å². The van der Waals surface area contributed by atoms with E-state index in [-0.39, 0.29) is 0 Å². The standard InChI is InChI=1S/C16H16N4S/c1-17-16-20-19-15(21-16)14-10-6-2-4-8-12(10)18-13-9-5-3-7-11(13)14/h2,4,6,8H,3,5,7,9H2,1H3,(H,17,20). The Morgan fingerprint density at radius 3 is 2.81 bits per heavy atom. The number of hydrogen-bond acceptors (Lipinski definition) is 5. The van der Waals surface area contributed by atoms with Gasteiger partial charge < -0.3 is 5.32 Å². The van der Waals surface area contributed by atoms with Gasteiger partial charge in [-0.25, -0.2) is 0 Å². The van der Waals surface area contributed by atoms with E-state index in [0.717, 1.165) is 28.5 Å². The third-order valence-corrected chi connectivity index (χ3v) is 4.98. The van der Waals surface area contributed by atoms with Crippen LogP contribution in [0.5, 0.6) is 0 Å². The molecule has 1 aliphatic rings. The van der Waals surface area contributed by atoms with Crippen LogP contribution in [-0.2, 0) is 12.8 Å². The van der Waals surface area contributed by atoms with E-state index in [9.17, 15) is 0 Å². The largest absolute Gasteiger partial charge is 0.363 e. The Hall–Kier alpha value is -2.01. The number of para-hydroxylation sites is 1. The number of aromatic nitrogens is 3. The molecule has 0 amide bonds. The van der Waals surface area contributed by atoms with Crippen molar-refractivity contribution in [1.29, 1.82) is 0 Å². The molecule has 2 heterocycles. The van der Waals surface area contributed by atoms with Crippen molar-refractivity contribution in [1.82, 2.24) is 15.2 Å². The molecule has 1 aromatic carbocycles. The molecule has 21 heavy (non-hydrogen) atoms. The van der Waals surface area contributed by atoms with Crippen molar-refractivity contribution in [2.24, 2.45) is 0 Å². The van der Waals surface area contributed by atoms with Crippen molar-refractivity contribution in [3.05, 3.63) is 35.5 Å². The molecule has 106 valence electrons. The topological polar surface area (TPSA) is 50.7 Å². The average molecular weight is 296 g/mol. The fraction of sp³-hybridized carbons (Fsp3) is 0.312. The predicted octanol–water partition coefficient (Wildman–Crippen LogP) is 3.67. The Labute approximate surface area is 127 Å². The van der Waals surface area contributed by atoms with Gasteiger partial charge >= 0.3 is 0 Å². The first-order chi connectivity index (χ1) is 10.4. The molecule has 0 fully saturated rings. The smallest absolute Gasteiger partial charge is 0.205 e. The number of nitrogens with zero attached hydrogens (tertiary/aromatic N) is 3. The zero-order chi connectivity index (χ0) is 14.2. The quantitative estimate of drug-likeness (QED) is 0.784. The molecule has 0 aliphatic heterocycles. The third kappa shape index (κ3) is 2.08. The van der Waals surface area contributed by atoms with Gasteiger partial charge in [-0.1, -0.05) is 29.5 Å². The SMILES string of the molecule is CNc1nnc(-c2c3c(nc4ccccc24)CCCC3)s1. The lowest BCUT2D eigenvalue weighted by molar-refractivity contribution is 0.672. The van der Waals surface area contributed by atoms with Crippen LogP contribution in [0.1, 0.15) is 24.1 Å². The molecular formula is C16H16N4S. The molecule has 4 nitrogen and oxygen atoms in total. The van der Waals surface area contributed by atoms with E-state index in [0.29, 0.717) is 0 Å². The molecular weight excluding hydrogens is 280 g/mol. The molecule has 2 aromatic heterocycles. The van der Waals surface area contributed by atoms with Gasteiger partial charge in [0.15, 0.2) is 5.01 Å². The third-order valence-electron chi connectivity index (χ3n) is 4.02. The van der Waals surface area contributed by atoms with Crippen LogP contribution in [0.25, 0.3) is 21.5 Å². The Morgan fingerprint density at radius 2 is 1.95 bits per heavy atom.